The van der Waals surface area contributed by atoms with Crippen molar-refractivity contribution in [2.24, 2.45) is 5.10 Å². The molecule has 2 aromatic rings. The van der Waals surface area contributed by atoms with Crippen molar-refractivity contribution in [1.29, 1.82) is 0 Å². The zero-order valence-corrected chi connectivity index (χ0v) is 12.6. The third-order valence-electron chi connectivity index (χ3n) is 3.09. The van der Waals surface area contributed by atoms with Crippen molar-refractivity contribution in [3.63, 3.8) is 0 Å². The van der Waals surface area contributed by atoms with Gasteiger partial charge in [-0.25, -0.2) is 5.43 Å². The van der Waals surface area contributed by atoms with E-state index in [-0.39, 0.29) is 5.91 Å². The Morgan fingerprint density at radius 2 is 1.76 bits per heavy atom. The molecule has 1 amide bonds. The molecular weight excluding hydrogens is 284 g/mol. The Bertz CT molecular complexity index is 621. The minimum Gasteiger partial charge on any atom is -0.273 e. The monoisotopic (exact) mass is 300 g/mol. The van der Waals surface area contributed by atoms with E-state index < -0.39 is 0 Å². The van der Waals surface area contributed by atoms with Gasteiger partial charge in [-0.05, 0) is 36.6 Å². The number of rotatable bonds is 5. The van der Waals surface area contributed by atoms with Crippen LogP contribution in [0.1, 0.15) is 24.5 Å². The van der Waals surface area contributed by atoms with Gasteiger partial charge in [0.15, 0.2) is 0 Å². The van der Waals surface area contributed by atoms with Crippen molar-refractivity contribution < 1.29 is 4.79 Å². The molecule has 0 radical (unpaired) electrons. The quantitative estimate of drug-likeness (QED) is 0.662. The van der Waals surface area contributed by atoms with Crippen molar-refractivity contribution in [1.82, 2.24) is 5.43 Å². The zero-order valence-electron chi connectivity index (χ0n) is 11.8. The highest BCUT2D eigenvalue weighted by Crippen LogP contribution is 2.10. The van der Waals surface area contributed by atoms with Gasteiger partial charge in [0, 0.05) is 11.4 Å². The summed E-state index contributed by atoms with van der Waals surface area (Å²) in [5.41, 5.74) is 5.41. The van der Waals surface area contributed by atoms with Crippen LogP contribution in [0.5, 0.6) is 0 Å². The number of hydrogen-bond acceptors (Lipinski definition) is 2. The van der Waals surface area contributed by atoms with Crippen LogP contribution in [0.3, 0.4) is 0 Å². The molecule has 2 rings (SSSR count). The van der Waals surface area contributed by atoms with E-state index in [0.29, 0.717) is 17.9 Å². The molecule has 0 saturated carbocycles. The second kappa shape index (κ2) is 7.60. The highest BCUT2D eigenvalue weighted by atomic mass is 35.5. The van der Waals surface area contributed by atoms with Crippen LogP contribution in [-0.2, 0) is 11.2 Å². The van der Waals surface area contributed by atoms with Crippen molar-refractivity contribution in [3.05, 3.63) is 70.7 Å². The number of carbonyl (C=O) groups is 1. The van der Waals surface area contributed by atoms with Crippen molar-refractivity contribution in [2.75, 3.05) is 0 Å². The number of aryl methyl sites for hydroxylation is 1. The van der Waals surface area contributed by atoms with Crippen molar-refractivity contribution in [2.45, 2.75) is 19.8 Å². The molecule has 0 atom stereocenters. The summed E-state index contributed by atoms with van der Waals surface area (Å²) >= 11 is 5.83. The van der Waals surface area contributed by atoms with E-state index in [4.69, 9.17) is 11.6 Å². The highest BCUT2D eigenvalue weighted by molar-refractivity contribution is 6.30. The van der Waals surface area contributed by atoms with Crippen LogP contribution in [0.15, 0.2) is 59.7 Å². The molecule has 0 aliphatic rings. The third-order valence-corrected chi connectivity index (χ3v) is 3.35. The standard InChI is InChI=1S/C17H17ClN2O/c1-13(15-8-10-16(18)11-9-15)19-20-17(21)12-7-14-5-3-2-4-6-14/h2-6,8-11H,7,12H2,1H3,(H,20,21). The molecule has 0 aliphatic carbocycles. The van der Waals surface area contributed by atoms with E-state index in [1.54, 1.807) is 12.1 Å². The minimum absolute atomic E-state index is 0.0906. The molecule has 0 aliphatic heterocycles. The van der Waals surface area contributed by atoms with E-state index >= 15 is 0 Å². The Kier molecular flexibility index (Phi) is 5.52. The maximum Gasteiger partial charge on any atom is 0.240 e. The first-order valence-electron chi connectivity index (χ1n) is 6.78. The molecule has 0 saturated heterocycles. The average Bonchev–Trinajstić information content (AvgIpc) is 2.52. The number of nitrogens with zero attached hydrogens (tertiary/aromatic N) is 1. The molecule has 21 heavy (non-hydrogen) atoms. The zero-order chi connectivity index (χ0) is 15.1. The first kappa shape index (κ1) is 15.3. The van der Waals surface area contributed by atoms with Gasteiger partial charge >= 0.3 is 0 Å². The Hall–Kier alpha value is -2.13. The summed E-state index contributed by atoms with van der Waals surface area (Å²) in [6, 6.07) is 17.3. The number of carbonyl (C=O) groups excluding carboxylic acids is 1. The summed E-state index contributed by atoms with van der Waals surface area (Å²) in [7, 11) is 0. The fourth-order valence-electron chi connectivity index (χ4n) is 1.86. The van der Waals surface area contributed by atoms with Crippen LogP contribution in [0, 0.1) is 0 Å². The molecule has 2 aromatic carbocycles. The van der Waals surface area contributed by atoms with Gasteiger partial charge in [0.05, 0.1) is 5.71 Å². The molecule has 0 unspecified atom stereocenters. The second-order valence-corrected chi connectivity index (χ2v) is 5.16. The molecule has 1 N–H and O–H groups in total. The molecule has 0 spiro atoms. The van der Waals surface area contributed by atoms with Gasteiger partial charge in [-0.15, -0.1) is 0 Å². The lowest BCUT2D eigenvalue weighted by Crippen LogP contribution is -2.19. The SMILES string of the molecule is CC(=NNC(=O)CCc1ccccc1)c1ccc(Cl)cc1. The van der Waals surface area contributed by atoms with E-state index in [0.717, 1.165) is 16.8 Å². The topological polar surface area (TPSA) is 41.5 Å². The predicted octanol–water partition coefficient (Wildman–Crippen LogP) is 3.81. The summed E-state index contributed by atoms with van der Waals surface area (Å²) in [5.74, 6) is -0.0906. The van der Waals surface area contributed by atoms with Crippen LogP contribution < -0.4 is 5.43 Å². The van der Waals surface area contributed by atoms with Gasteiger partial charge in [0.2, 0.25) is 5.91 Å². The molecule has 4 heteroatoms. The number of halogens is 1. The summed E-state index contributed by atoms with van der Waals surface area (Å²) in [4.78, 5) is 11.8. The van der Waals surface area contributed by atoms with E-state index in [2.05, 4.69) is 10.5 Å². The van der Waals surface area contributed by atoms with Gasteiger partial charge in [0.25, 0.3) is 0 Å². The van der Waals surface area contributed by atoms with Gasteiger partial charge in [-0.1, -0.05) is 54.1 Å². The largest absolute Gasteiger partial charge is 0.273 e. The number of benzene rings is 2. The highest BCUT2D eigenvalue weighted by Gasteiger charge is 2.02. The van der Waals surface area contributed by atoms with Crippen LogP contribution in [0.25, 0.3) is 0 Å². The Morgan fingerprint density at radius 3 is 2.43 bits per heavy atom. The second-order valence-electron chi connectivity index (χ2n) is 4.72. The van der Waals surface area contributed by atoms with Crippen LogP contribution in [0.4, 0.5) is 0 Å². The first-order chi connectivity index (χ1) is 10.1. The lowest BCUT2D eigenvalue weighted by atomic mass is 10.1. The molecule has 108 valence electrons. The van der Waals surface area contributed by atoms with Crippen LogP contribution in [0.2, 0.25) is 5.02 Å². The van der Waals surface area contributed by atoms with E-state index in [1.165, 1.54) is 0 Å². The number of hydrogen-bond donors (Lipinski definition) is 1. The predicted molar refractivity (Wildman–Crippen MR) is 86.6 cm³/mol. The lowest BCUT2D eigenvalue weighted by molar-refractivity contribution is -0.121. The smallest absolute Gasteiger partial charge is 0.240 e. The van der Waals surface area contributed by atoms with Crippen molar-refractivity contribution >= 4 is 23.2 Å². The fraction of sp³-hybridized carbons (Fsp3) is 0.176. The summed E-state index contributed by atoms with van der Waals surface area (Å²) in [5, 5.41) is 4.79. The normalized spacial score (nSPS) is 11.2. The summed E-state index contributed by atoms with van der Waals surface area (Å²) in [6.45, 7) is 1.85. The third kappa shape index (κ3) is 5.04. The van der Waals surface area contributed by atoms with Gasteiger partial charge in [-0.3, -0.25) is 4.79 Å². The van der Waals surface area contributed by atoms with Gasteiger partial charge < -0.3 is 0 Å². The number of nitrogens with one attached hydrogen (secondary N) is 1. The molecular formula is C17H17ClN2O. The average molecular weight is 301 g/mol. The van der Waals surface area contributed by atoms with Gasteiger partial charge in [-0.2, -0.15) is 5.10 Å². The first-order valence-corrected chi connectivity index (χ1v) is 7.16. The summed E-state index contributed by atoms with van der Waals surface area (Å²) in [6.07, 6.45) is 1.13. The Morgan fingerprint density at radius 1 is 1.10 bits per heavy atom. The molecule has 0 fully saturated rings. The summed E-state index contributed by atoms with van der Waals surface area (Å²) < 4.78 is 0. The van der Waals surface area contributed by atoms with Crippen LogP contribution in [-0.4, -0.2) is 11.6 Å². The Balaban J connectivity index is 1.85. The molecule has 0 heterocycles. The number of hydrazone groups is 1. The fourth-order valence-corrected chi connectivity index (χ4v) is 1.99. The minimum atomic E-state index is -0.0906. The molecule has 0 aromatic heterocycles. The van der Waals surface area contributed by atoms with Crippen LogP contribution >= 0.6 is 11.6 Å². The lowest BCUT2D eigenvalue weighted by Gasteiger charge is -2.03. The van der Waals surface area contributed by atoms with Gasteiger partial charge in [0.1, 0.15) is 0 Å². The van der Waals surface area contributed by atoms with Crippen molar-refractivity contribution in [3.8, 4) is 0 Å². The maximum absolute atomic E-state index is 11.8. The molecule has 3 nitrogen and oxygen atoms in total. The molecule has 0 bridgehead atoms. The van der Waals surface area contributed by atoms with E-state index in [9.17, 15) is 4.79 Å². The Labute approximate surface area is 129 Å². The maximum atomic E-state index is 11.8. The van der Waals surface area contributed by atoms with E-state index in [1.807, 2.05) is 49.4 Å². The number of amides is 1.